The molecule has 1 aromatic carbocycles. The summed E-state index contributed by atoms with van der Waals surface area (Å²) < 4.78 is 36.9. The molecule has 0 saturated carbocycles. The Morgan fingerprint density at radius 1 is 1.29 bits per heavy atom. The van der Waals surface area contributed by atoms with E-state index in [1.54, 1.807) is 19.0 Å². The number of alkyl halides is 3. The van der Waals surface area contributed by atoms with Gasteiger partial charge in [0.05, 0.1) is 0 Å². The van der Waals surface area contributed by atoms with Crippen LogP contribution in [0.4, 0.5) is 13.2 Å². The summed E-state index contributed by atoms with van der Waals surface area (Å²) in [7, 11) is 3.46. The van der Waals surface area contributed by atoms with E-state index >= 15 is 0 Å². The molecule has 17 heavy (non-hydrogen) atoms. The van der Waals surface area contributed by atoms with Gasteiger partial charge in [0.2, 0.25) is 0 Å². The number of rotatable bonds is 3. The Morgan fingerprint density at radius 2 is 1.88 bits per heavy atom. The summed E-state index contributed by atoms with van der Waals surface area (Å²) in [6.07, 6.45) is -7.23. The Hall–Kier alpha value is -1.27. The van der Waals surface area contributed by atoms with Crippen molar-refractivity contribution in [3.05, 3.63) is 29.3 Å². The first kappa shape index (κ1) is 13.8. The lowest BCUT2D eigenvalue weighted by Gasteiger charge is -2.17. The second-order valence-corrected chi connectivity index (χ2v) is 4.07. The van der Waals surface area contributed by atoms with Crippen molar-refractivity contribution in [3.63, 3.8) is 0 Å². The molecule has 3 nitrogen and oxygen atoms in total. The van der Waals surface area contributed by atoms with Gasteiger partial charge in [-0.3, -0.25) is 0 Å². The van der Waals surface area contributed by atoms with E-state index in [0.717, 1.165) is 18.2 Å². The molecular weight excluding hydrogens is 235 g/mol. The summed E-state index contributed by atoms with van der Waals surface area (Å²) in [6, 6.07) is 3.38. The molecule has 0 bridgehead atoms. The molecule has 0 spiro atoms. The summed E-state index contributed by atoms with van der Waals surface area (Å²) in [4.78, 5) is 1.71. The minimum Gasteiger partial charge on any atom is -0.508 e. The number of nitrogens with zero attached hydrogens (tertiary/aromatic N) is 1. The predicted molar refractivity (Wildman–Crippen MR) is 56.5 cm³/mol. The van der Waals surface area contributed by atoms with Crippen LogP contribution in [-0.4, -0.2) is 35.4 Å². The topological polar surface area (TPSA) is 43.7 Å². The maximum atomic E-state index is 12.3. The number of aliphatic hydroxyl groups is 1. The largest absolute Gasteiger partial charge is 0.508 e. The van der Waals surface area contributed by atoms with Gasteiger partial charge in [-0.15, -0.1) is 0 Å². The Labute approximate surface area is 97.1 Å². The van der Waals surface area contributed by atoms with Gasteiger partial charge in [-0.05, 0) is 31.8 Å². The van der Waals surface area contributed by atoms with Gasteiger partial charge < -0.3 is 15.1 Å². The fraction of sp³-hybridized carbons (Fsp3) is 0.455. The van der Waals surface area contributed by atoms with Crippen LogP contribution in [0.5, 0.6) is 5.75 Å². The Bertz CT molecular complexity index is 391. The van der Waals surface area contributed by atoms with Crippen molar-refractivity contribution in [1.29, 1.82) is 0 Å². The molecule has 1 unspecified atom stereocenters. The highest BCUT2D eigenvalue weighted by molar-refractivity contribution is 5.37. The molecule has 0 aliphatic rings. The van der Waals surface area contributed by atoms with E-state index in [9.17, 15) is 18.3 Å². The van der Waals surface area contributed by atoms with Crippen LogP contribution >= 0.6 is 0 Å². The molecule has 0 heterocycles. The zero-order chi connectivity index (χ0) is 13.2. The number of aromatic hydroxyl groups is 1. The number of phenols is 1. The first-order valence-electron chi connectivity index (χ1n) is 4.93. The molecule has 0 saturated heterocycles. The monoisotopic (exact) mass is 249 g/mol. The van der Waals surface area contributed by atoms with E-state index in [2.05, 4.69) is 0 Å². The van der Waals surface area contributed by atoms with Gasteiger partial charge in [0.25, 0.3) is 0 Å². The van der Waals surface area contributed by atoms with Crippen LogP contribution in [0.15, 0.2) is 18.2 Å². The van der Waals surface area contributed by atoms with Crippen LogP contribution in [0, 0.1) is 0 Å². The quantitative estimate of drug-likeness (QED) is 0.861. The third kappa shape index (κ3) is 3.61. The predicted octanol–water partition coefficient (Wildman–Crippen LogP) is 2.05. The molecule has 0 fully saturated rings. The fourth-order valence-electron chi connectivity index (χ4n) is 1.43. The number of aliphatic hydroxyl groups excluding tert-OH is 1. The minimum atomic E-state index is -4.70. The van der Waals surface area contributed by atoms with E-state index in [-0.39, 0.29) is 11.3 Å². The van der Waals surface area contributed by atoms with E-state index < -0.39 is 12.3 Å². The van der Waals surface area contributed by atoms with Crippen molar-refractivity contribution in [2.45, 2.75) is 18.8 Å². The Kier molecular flexibility index (Phi) is 4.00. The number of hydrogen-bond donors (Lipinski definition) is 2. The fourth-order valence-corrected chi connectivity index (χ4v) is 1.43. The standard InChI is InChI=1S/C11H14F3NO2/c1-15(2)6-8-5-7(3-4-9(8)16)10(17)11(12,13)14/h3-5,10,16-17H,6H2,1-2H3. The average molecular weight is 249 g/mol. The van der Waals surface area contributed by atoms with Gasteiger partial charge in [-0.1, -0.05) is 6.07 Å². The summed E-state index contributed by atoms with van der Waals surface area (Å²) in [6.45, 7) is 0.296. The molecule has 1 aromatic rings. The summed E-state index contributed by atoms with van der Waals surface area (Å²) >= 11 is 0. The van der Waals surface area contributed by atoms with Gasteiger partial charge in [0.1, 0.15) is 5.75 Å². The zero-order valence-electron chi connectivity index (χ0n) is 9.49. The smallest absolute Gasteiger partial charge is 0.418 e. The van der Waals surface area contributed by atoms with Crippen LogP contribution < -0.4 is 0 Å². The second kappa shape index (κ2) is 4.93. The highest BCUT2D eigenvalue weighted by atomic mass is 19.4. The lowest BCUT2D eigenvalue weighted by molar-refractivity contribution is -0.206. The highest BCUT2D eigenvalue weighted by Crippen LogP contribution is 2.34. The Morgan fingerprint density at radius 3 is 2.35 bits per heavy atom. The lowest BCUT2D eigenvalue weighted by atomic mass is 10.0. The molecular formula is C11H14F3NO2. The molecule has 1 atom stereocenters. The van der Waals surface area contributed by atoms with Gasteiger partial charge in [-0.25, -0.2) is 0 Å². The molecule has 0 radical (unpaired) electrons. The molecule has 0 amide bonds. The number of halogens is 3. The third-order valence-corrected chi connectivity index (χ3v) is 2.22. The van der Waals surface area contributed by atoms with Crippen LogP contribution in [0.3, 0.4) is 0 Å². The van der Waals surface area contributed by atoms with Crippen molar-refractivity contribution >= 4 is 0 Å². The van der Waals surface area contributed by atoms with Crippen LogP contribution in [0.25, 0.3) is 0 Å². The molecule has 0 aliphatic heterocycles. The average Bonchev–Trinajstić information content (AvgIpc) is 2.18. The normalized spacial score (nSPS) is 14.1. The summed E-state index contributed by atoms with van der Waals surface area (Å²) in [5, 5.41) is 18.6. The third-order valence-electron chi connectivity index (χ3n) is 2.22. The second-order valence-electron chi connectivity index (χ2n) is 4.07. The molecule has 0 aromatic heterocycles. The molecule has 2 N–H and O–H groups in total. The highest BCUT2D eigenvalue weighted by Gasteiger charge is 2.39. The van der Waals surface area contributed by atoms with Crippen molar-refractivity contribution in [2.24, 2.45) is 0 Å². The van der Waals surface area contributed by atoms with Crippen LogP contribution in [0.2, 0.25) is 0 Å². The first-order chi connectivity index (χ1) is 7.71. The van der Waals surface area contributed by atoms with E-state index in [1.165, 1.54) is 0 Å². The van der Waals surface area contributed by atoms with Crippen molar-refractivity contribution in [3.8, 4) is 5.75 Å². The van der Waals surface area contributed by atoms with Gasteiger partial charge in [0.15, 0.2) is 6.10 Å². The Balaban J connectivity index is 3.04. The number of benzene rings is 1. The molecule has 1 rings (SSSR count). The zero-order valence-corrected chi connectivity index (χ0v) is 9.49. The van der Waals surface area contributed by atoms with Gasteiger partial charge >= 0.3 is 6.18 Å². The number of hydrogen-bond acceptors (Lipinski definition) is 3. The summed E-state index contributed by atoms with van der Waals surface area (Å²) in [5.74, 6) is -0.0863. The maximum Gasteiger partial charge on any atom is 0.418 e. The van der Waals surface area contributed by atoms with Gasteiger partial charge in [-0.2, -0.15) is 13.2 Å². The minimum absolute atomic E-state index is 0.0863. The number of phenolic OH excluding ortho intramolecular Hbond substituents is 1. The van der Waals surface area contributed by atoms with Crippen LogP contribution in [-0.2, 0) is 6.54 Å². The first-order valence-corrected chi connectivity index (χ1v) is 4.93. The molecule has 0 aliphatic carbocycles. The molecule has 96 valence electrons. The van der Waals surface area contributed by atoms with Crippen molar-refractivity contribution in [2.75, 3.05) is 14.1 Å². The van der Waals surface area contributed by atoms with E-state index in [4.69, 9.17) is 5.11 Å². The van der Waals surface area contributed by atoms with E-state index in [1.807, 2.05) is 0 Å². The van der Waals surface area contributed by atoms with Crippen molar-refractivity contribution in [1.82, 2.24) is 4.90 Å². The SMILES string of the molecule is CN(C)Cc1cc(C(O)C(F)(F)F)ccc1O. The molecule has 6 heteroatoms. The van der Waals surface area contributed by atoms with Crippen molar-refractivity contribution < 1.29 is 23.4 Å². The maximum absolute atomic E-state index is 12.3. The summed E-state index contributed by atoms with van der Waals surface area (Å²) in [5.41, 5.74) is 0.0722. The van der Waals surface area contributed by atoms with Gasteiger partial charge in [0, 0.05) is 12.1 Å². The van der Waals surface area contributed by atoms with E-state index in [0.29, 0.717) is 12.1 Å². The lowest BCUT2D eigenvalue weighted by Crippen LogP contribution is -2.20. The van der Waals surface area contributed by atoms with Crippen LogP contribution in [0.1, 0.15) is 17.2 Å².